The fraction of sp³-hybridized carbons (Fsp3) is 0.619. The standard InChI is InChI=1S/C21H30ClN3O3.C16H20Cl2N2O3.C5H11N/c1-21(2,3)28-20(27)25-13-11-23(12-14-25)18-8-7-16(15-17(18)22)19(26)24-9-5-4-6-10-24;1-16(2,3)23-15(22)20-8-6-19(7-9-20)13-5-4-11(14(18)21)10-12(13)17;1-2-4-6-5-3-1/h7-8,15H,4-6,9-14H2,1-3H3;4-5,10H,6-9H2,1-3H3;6H,1-5H2. The summed E-state index contributed by atoms with van der Waals surface area (Å²) in [6.45, 7) is 20.2. The first-order valence-corrected chi connectivity index (χ1v) is 21.3. The molecule has 15 heteroatoms. The van der Waals surface area contributed by atoms with Gasteiger partial charge in [0.05, 0.1) is 21.4 Å². The quantitative estimate of drug-likeness (QED) is 0.303. The van der Waals surface area contributed by atoms with Crippen molar-refractivity contribution in [3.05, 3.63) is 57.6 Å². The van der Waals surface area contributed by atoms with Gasteiger partial charge in [-0.1, -0.05) is 29.6 Å². The second-order valence-electron chi connectivity index (χ2n) is 16.7. The first-order valence-electron chi connectivity index (χ1n) is 20.2. The second kappa shape index (κ2) is 21.5. The Kier molecular flexibility index (Phi) is 17.5. The zero-order valence-corrected chi connectivity index (χ0v) is 36.8. The van der Waals surface area contributed by atoms with Crippen molar-refractivity contribution in [1.29, 1.82) is 0 Å². The lowest BCUT2D eigenvalue weighted by Crippen LogP contribution is -2.50. The number of nitrogens with zero attached hydrogens (tertiary/aromatic N) is 5. The number of piperidine rings is 2. The highest BCUT2D eigenvalue weighted by atomic mass is 35.5. The maximum absolute atomic E-state index is 12.7. The van der Waals surface area contributed by atoms with Crippen molar-refractivity contribution in [2.24, 2.45) is 0 Å². The molecule has 0 aliphatic carbocycles. The van der Waals surface area contributed by atoms with Gasteiger partial charge in [0.2, 0.25) is 0 Å². The van der Waals surface area contributed by atoms with Crippen LogP contribution in [0.1, 0.15) is 101 Å². The van der Waals surface area contributed by atoms with Crippen LogP contribution in [0.4, 0.5) is 21.0 Å². The first kappa shape index (κ1) is 46.2. The van der Waals surface area contributed by atoms with E-state index in [0.717, 1.165) is 37.3 Å². The summed E-state index contributed by atoms with van der Waals surface area (Å²) in [5.41, 5.74) is 1.75. The van der Waals surface area contributed by atoms with Gasteiger partial charge in [-0.2, -0.15) is 0 Å². The van der Waals surface area contributed by atoms with Crippen LogP contribution in [-0.4, -0.2) is 128 Å². The molecular weight excluding hydrogens is 791 g/mol. The third-order valence-corrected chi connectivity index (χ3v) is 10.6. The van der Waals surface area contributed by atoms with Crippen LogP contribution >= 0.6 is 34.8 Å². The van der Waals surface area contributed by atoms with Crippen molar-refractivity contribution in [1.82, 2.24) is 20.0 Å². The maximum atomic E-state index is 12.7. The van der Waals surface area contributed by atoms with E-state index in [4.69, 9.17) is 44.3 Å². The van der Waals surface area contributed by atoms with Gasteiger partial charge in [0.25, 0.3) is 11.1 Å². The van der Waals surface area contributed by atoms with E-state index >= 15 is 0 Å². The zero-order valence-electron chi connectivity index (χ0n) is 34.5. The molecule has 0 bridgehead atoms. The van der Waals surface area contributed by atoms with E-state index in [1.54, 1.807) is 34.1 Å². The van der Waals surface area contributed by atoms with E-state index < -0.39 is 16.4 Å². The fourth-order valence-corrected chi connectivity index (χ4v) is 7.49. The van der Waals surface area contributed by atoms with Gasteiger partial charge in [-0.15, -0.1) is 0 Å². The Morgan fingerprint density at radius 1 is 0.544 bits per heavy atom. The van der Waals surface area contributed by atoms with Gasteiger partial charge in [-0.25, -0.2) is 9.59 Å². The van der Waals surface area contributed by atoms with E-state index in [-0.39, 0.29) is 18.1 Å². The normalized spacial score (nSPS) is 17.7. The highest BCUT2D eigenvalue weighted by Gasteiger charge is 2.29. The number of rotatable bonds is 4. The lowest BCUT2D eigenvalue weighted by atomic mass is 10.1. The monoisotopic (exact) mass is 850 g/mol. The topological polar surface area (TPSA) is 115 Å². The molecule has 0 saturated carbocycles. The van der Waals surface area contributed by atoms with Gasteiger partial charge in [0, 0.05) is 76.6 Å². The summed E-state index contributed by atoms with van der Waals surface area (Å²) >= 11 is 18.2. The minimum atomic E-state index is -0.534. The summed E-state index contributed by atoms with van der Waals surface area (Å²) < 4.78 is 10.8. The van der Waals surface area contributed by atoms with Crippen LogP contribution in [0.3, 0.4) is 0 Å². The summed E-state index contributed by atoms with van der Waals surface area (Å²) in [7, 11) is 0. The average Bonchev–Trinajstić information content (AvgIpc) is 3.18. The third-order valence-electron chi connectivity index (χ3n) is 9.76. The molecule has 4 saturated heterocycles. The predicted molar refractivity (Wildman–Crippen MR) is 230 cm³/mol. The van der Waals surface area contributed by atoms with Crippen molar-refractivity contribution in [2.75, 3.05) is 88.3 Å². The molecule has 0 radical (unpaired) electrons. The zero-order chi connectivity index (χ0) is 41.8. The number of carbonyl (C=O) groups is 4. The van der Waals surface area contributed by atoms with Gasteiger partial charge >= 0.3 is 12.2 Å². The average molecular weight is 852 g/mol. The fourth-order valence-electron chi connectivity index (χ4n) is 6.78. The maximum Gasteiger partial charge on any atom is 0.410 e. The van der Waals surface area contributed by atoms with Crippen molar-refractivity contribution in [2.45, 2.75) is 91.3 Å². The number of likely N-dealkylation sites (tertiary alicyclic amines) is 1. The molecule has 0 aromatic heterocycles. The highest BCUT2D eigenvalue weighted by Crippen LogP contribution is 2.30. The molecule has 2 aromatic carbocycles. The number of carbonyl (C=O) groups excluding carboxylic acids is 4. The Labute approximate surface area is 354 Å². The van der Waals surface area contributed by atoms with Crippen LogP contribution < -0.4 is 15.1 Å². The van der Waals surface area contributed by atoms with Crippen LogP contribution in [0.25, 0.3) is 0 Å². The highest BCUT2D eigenvalue weighted by molar-refractivity contribution is 6.67. The summed E-state index contributed by atoms with van der Waals surface area (Å²) in [4.78, 5) is 57.6. The van der Waals surface area contributed by atoms with Crippen molar-refractivity contribution in [3.8, 4) is 0 Å². The lowest BCUT2D eigenvalue weighted by molar-refractivity contribution is 0.0230. The van der Waals surface area contributed by atoms with E-state index in [0.29, 0.717) is 73.5 Å². The summed E-state index contributed by atoms with van der Waals surface area (Å²) in [5, 5.41) is 3.80. The number of hydrogen-bond donors (Lipinski definition) is 1. The Balaban J connectivity index is 0.000000223. The van der Waals surface area contributed by atoms with Crippen LogP contribution in [-0.2, 0) is 9.47 Å². The molecule has 0 atom stereocenters. The molecule has 4 heterocycles. The SMILES string of the molecule is C1CCNCC1.CC(C)(C)OC(=O)N1CCN(c2ccc(C(=O)Cl)cc2Cl)CC1.CC(C)(C)OC(=O)N1CCN(c2ccc(C(=O)N3CCCCC3)cc2Cl)CC1. The van der Waals surface area contributed by atoms with E-state index in [2.05, 4.69) is 15.1 Å². The molecule has 2 aromatic rings. The van der Waals surface area contributed by atoms with Gasteiger partial charge in [0.15, 0.2) is 0 Å². The number of piperazine rings is 2. The van der Waals surface area contributed by atoms with Crippen molar-refractivity contribution < 1.29 is 28.7 Å². The van der Waals surface area contributed by atoms with Gasteiger partial charge in [0.1, 0.15) is 11.2 Å². The summed E-state index contributed by atoms with van der Waals surface area (Å²) in [6, 6.07) is 10.5. The Morgan fingerprint density at radius 3 is 1.30 bits per heavy atom. The van der Waals surface area contributed by atoms with E-state index in [9.17, 15) is 19.2 Å². The molecular formula is C42H61Cl3N6O6. The van der Waals surface area contributed by atoms with Crippen molar-refractivity contribution >= 4 is 69.5 Å². The van der Waals surface area contributed by atoms with Crippen LogP contribution in [0, 0.1) is 0 Å². The van der Waals surface area contributed by atoms with Crippen LogP contribution in [0.5, 0.6) is 0 Å². The molecule has 4 fully saturated rings. The van der Waals surface area contributed by atoms with E-state index in [1.165, 1.54) is 38.8 Å². The number of amides is 3. The van der Waals surface area contributed by atoms with Crippen molar-refractivity contribution in [3.63, 3.8) is 0 Å². The number of halogens is 3. The number of nitrogens with one attached hydrogen (secondary N) is 1. The number of hydrogen-bond acceptors (Lipinski definition) is 9. The Morgan fingerprint density at radius 2 is 0.947 bits per heavy atom. The molecule has 0 unspecified atom stereocenters. The third kappa shape index (κ3) is 15.0. The Hall–Kier alpha value is -3.45. The van der Waals surface area contributed by atoms with Gasteiger partial charge in [-0.05, 0) is 135 Å². The molecule has 0 spiro atoms. The first-order chi connectivity index (χ1) is 26.9. The second-order valence-corrected chi connectivity index (χ2v) is 17.8. The summed E-state index contributed by atoms with van der Waals surface area (Å²) in [5.74, 6) is 0.0582. The molecule has 57 heavy (non-hydrogen) atoms. The molecule has 4 aliphatic heterocycles. The minimum Gasteiger partial charge on any atom is -0.444 e. The molecule has 4 aliphatic rings. The number of benzene rings is 2. The van der Waals surface area contributed by atoms with E-state index in [1.807, 2.05) is 58.6 Å². The molecule has 3 amide bonds. The lowest BCUT2D eigenvalue weighted by Gasteiger charge is -2.37. The largest absolute Gasteiger partial charge is 0.444 e. The molecule has 6 rings (SSSR count). The summed E-state index contributed by atoms with van der Waals surface area (Å²) in [6.07, 6.45) is 6.97. The van der Waals surface area contributed by atoms with Gasteiger partial charge < -0.3 is 39.3 Å². The number of anilines is 2. The molecule has 1 N–H and O–H groups in total. The minimum absolute atomic E-state index is 0.0582. The Bertz CT molecular complexity index is 1640. The van der Waals surface area contributed by atoms with Gasteiger partial charge in [-0.3, -0.25) is 9.59 Å². The predicted octanol–water partition coefficient (Wildman–Crippen LogP) is 8.56. The number of ether oxygens (including phenoxy) is 2. The molecule has 12 nitrogen and oxygen atoms in total. The van der Waals surface area contributed by atoms with Crippen LogP contribution in [0.15, 0.2) is 36.4 Å². The van der Waals surface area contributed by atoms with Crippen LogP contribution in [0.2, 0.25) is 10.0 Å². The molecule has 316 valence electrons. The smallest absolute Gasteiger partial charge is 0.410 e.